The second-order valence-electron chi connectivity index (χ2n) is 18.4. The number of hydrogen-bond donors (Lipinski definition) is 0. The number of para-hydroxylation sites is 3. The van der Waals surface area contributed by atoms with Crippen LogP contribution in [0.25, 0.3) is 105 Å². The van der Waals surface area contributed by atoms with Crippen molar-refractivity contribution < 1.29 is 38.8 Å². The summed E-state index contributed by atoms with van der Waals surface area (Å²) in [4.78, 5) is 9.69. The van der Waals surface area contributed by atoms with Gasteiger partial charge >= 0.3 is 0 Å². The van der Waals surface area contributed by atoms with Crippen LogP contribution in [-0.2, 0) is 20.1 Å². The summed E-state index contributed by atoms with van der Waals surface area (Å²) < 4.78 is 60.0. The van der Waals surface area contributed by atoms with E-state index in [-0.39, 0.29) is 25.9 Å². The van der Waals surface area contributed by atoms with Crippen LogP contribution in [-0.4, -0.2) is 22.6 Å². The predicted molar refractivity (Wildman–Crippen MR) is 281 cm³/mol. The van der Waals surface area contributed by atoms with Gasteiger partial charge in [-0.3, -0.25) is 9.37 Å². The number of imidazole rings is 1. The first-order chi connectivity index (χ1) is 34.5. The van der Waals surface area contributed by atoms with Gasteiger partial charge in [-0.2, -0.15) is 0 Å². The van der Waals surface area contributed by atoms with Crippen LogP contribution >= 0.6 is 0 Å². The largest absolute Gasteiger partial charge is 0.501 e. The zero-order valence-corrected chi connectivity index (χ0v) is 42.0. The molecule has 0 fully saturated rings. The Labute approximate surface area is 421 Å². The quantitative estimate of drug-likeness (QED) is 0.118. The van der Waals surface area contributed by atoms with Gasteiger partial charge in [-0.1, -0.05) is 147 Å². The van der Waals surface area contributed by atoms with E-state index in [4.69, 9.17) is 19.3 Å². The average Bonchev–Trinajstić information content (AvgIpc) is 4.07. The number of halogens is 1. The van der Waals surface area contributed by atoms with Crippen molar-refractivity contribution in [2.24, 2.45) is 0 Å². The van der Waals surface area contributed by atoms with Crippen LogP contribution in [0.2, 0.25) is 19.6 Å². The van der Waals surface area contributed by atoms with E-state index in [0.29, 0.717) is 16.7 Å². The number of fused-ring (bicyclic) bond motifs is 7. The van der Waals surface area contributed by atoms with Crippen LogP contribution in [0.5, 0.6) is 0 Å². The molecule has 341 valence electrons. The summed E-state index contributed by atoms with van der Waals surface area (Å²) >= 11 is 0. The third-order valence-corrected chi connectivity index (χ3v) is 14.6. The van der Waals surface area contributed by atoms with Crippen molar-refractivity contribution in [3.05, 3.63) is 205 Å². The van der Waals surface area contributed by atoms with Gasteiger partial charge in [0.15, 0.2) is 0 Å². The van der Waals surface area contributed by atoms with E-state index in [1.54, 1.807) is 24.3 Å². The van der Waals surface area contributed by atoms with Crippen molar-refractivity contribution in [3.63, 3.8) is 0 Å². The molecule has 8 heteroatoms. The Balaban J connectivity index is 0.000000235. The molecule has 69 heavy (non-hydrogen) atoms. The molecule has 0 amide bonds. The monoisotopic (exact) mass is 1100 g/mol. The van der Waals surface area contributed by atoms with Crippen molar-refractivity contribution >= 4 is 68.2 Å². The molecule has 1 radical (unpaired) electrons. The summed E-state index contributed by atoms with van der Waals surface area (Å²) in [6, 6.07) is 61.1. The number of hydrogen-bond acceptors (Lipinski definition) is 4. The Bertz CT molecular complexity index is 4020. The molecule has 12 rings (SSSR count). The molecule has 0 aliphatic carbocycles. The summed E-state index contributed by atoms with van der Waals surface area (Å²) in [5.74, 6) is -0.243. The Hall–Kier alpha value is -7.22. The fourth-order valence-electron chi connectivity index (χ4n) is 9.19. The van der Waals surface area contributed by atoms with E-state index in [1.165, 1.54) is 17.3 Å². The zero-order valence-electron chi connectivity index (χ0n) is 42.6. The third kappa shape index (κ3) is 8.54. The van der Waals surface area contributed by atoms with Gasteiger partial charge < -0.3 is 18.4 Å². The second kappa shape index (κ2) is 18.4. The Kier molecular flexibility index (Phi) is 10.9. The van der Waals surface area contributed by atoms with E-state index in [0.717, 1.165) is 99.9 Å². The topological polar surface area (TPSA) is 57.0 Å². The van der Waals surface area contributed by atoms with Gasteiger partial charge in [0.1, 0.15) is 16.7 Å². The maximum absolute atomic E-state index is 13.0. The minimum Gasteiger partial charge on any atom is -0.501 e. The normalized spacial score (nSPS) is 12.9. The van der Waals surface area contributed by atoms with Gasteiger partial charge in [0.25, 0.3) is 0 Å². The maximum Gasteiger partial charge on any atom is 0.136 e. The van der Waals surface area contributed by atoms with Gasteiger partial charge in [-0.25, -0.2) is 0 Å². The van der Waals surface area contributed by atoms with E-state index < -0.39 is 20.8 Å². The van der Waals surface area contributed by atoms with E-state index in [2.05, 4.69) is 114 Å². The van der Waals surface area contributed by atoms with Crippen molar-refractivity contribution in [1.82, 2.24) is 14.5 Å². The van der Waals surface area contributed by atoms with Crippen LogP contribution in [0.1, 0.15) is 36.4 Å². The minimum absolute atomic E-state index is 0. The van der Waals surface area contributed by atoms with Crippen LogP contribution in [0, 0.1) is 24.8 Å². The minimum atomic E-state index is -2.18. The fourth-order valence-corrected chi connectivity index (χ4v) is 10.8. The van der Waals surface area contributed by atoms with Crippen molar-refractivity contribution in [1.29, 1.82) is 0 Å². The smallest absolute Gasteiger partial charge is 0.136 e. The summed E-state index contributed by atoms with van der Waals surface area (Å²) in [5, 5.41) is 4.85. The first-order valence-electron chi connectivity index (χ1n) is 24.6. The third-order valence-electron chi connectivity index (χ3n) is 12.6. The summed E-state index contributed by atoms with van der Waals surface area (Å²) in [6.07, 6.45) is 1.89. The Morgan fingerprint density at radius 2 is 1.41 bits per heavy atom. The summed E-state index contributed by atoms with van der Waals surface area (Å²) in [7, 11) is -1.57. The van der Waals surface area contributed by atoms with Crippen LogP contribution in [0.4, 0.5) is 4.39 Å². The van der Waals surface area contributed by atoms with Gasteiger partial charge in [0.2, 0.25) is 0 Å². The zero-order chi connectivity index (χ0) is 50.1. The Morgan fingerprint density at radius 3 is 2.14 bits per heavy atom. The second-order valence-corrected chi connectivity index (χ2v) is 23.4. The fraction of sp³-hybridized carbons (Fsp3) is 0.115. The van der Waals surface area contributed by atoms with E-state index >= 15 is 0 Å². The molecule has 5 nitrogen and oxygen atoms in total. The van der Waals surface area contributed by atoms with E-state index in [1.807, 2.05) is 80.7 Å². The number of aromatic nitrogens is 3. The summed E-state index contributed by atoms with van der Waals surface area (Å²) in [5.41, 5.74) is 13.5. The van der Waals surface area contributed by atoms with Gasteiger partial charge in [0, 0.05) is 65.0 Å². The van der Waals surface area contributed by atoms with Gasteiger partial charge in [-0.05, 0) is 88.8 Å². The summed E-state index contributed by atoms with van der Waals surface area (Å²) in [6.45, 7) is 8.36. The Morgan fingerprint density at radius 1 is 0.681 bits per heavy atom. The average molecular weight is 1100 g/mol. The number of pyridine rings is 1. The SMILES string of the molecule is [2H]C(C)(C)c1cc(-c2[c-]cc(F)cc2)ncc1[Si](C)(C)C.[2H]C([2H])([2H])c1ccc2oc3cc(-c4ccc5c(c4)oc4c(-c6nc7ccccc7n6-c6ccccc6-c6ccccc6)[c-]ccc45)ccc3c2c1.[Ir]. The molecular weight excluding hydrogens is 1050 g/mol. The first kappa shape index (κ1) is 40.8. The predicted octanol–water partition coefficient (Wildman–Crippen LogP) is 16.3. The molecular formula is C61H48FIrN3O2Si-2. The molecule has 0 bridgehead atoms. The molecule has 0 aliphatic heterocycles. The molecule has 0 spiro atoms. The molecule has 0 saturated heterocycles. The van der Waals surface area contributed by atoms with E-state index in [9.17, 15) is 4.39 Å². The molecule has 0 atom stereocenters. The van der Waals surface area contributed by atoms with Crippen LogP contribution in [0.3, 0.4) is 0 Å². The first-order valence-corrected chi connectivity index (χ1v) is 26.1. The van der Waals surface area contributed by atoms with Crippen molar-refractivity contribution in [3.8, 4) is 50.6 Å². The van der Waals surface area contributed by atoms with Gasteiger partial charge in [0.05, 0.1) is 30.5 Å². The molecule has 0 unspecified atom stereocenters. The molecule has 4 heterocycles. The number of furan rings is 2. The molecule has 0 N–H and O–H groups in total. The van der Waals surface area contributed by atoms with Gasteiger partial charge in [-0.15, -0.1) is 48.0 Å². The number of benzene rings is 8. The molecule has 12 aromatic rings. The molecule has 0 aliphatic rings. The number of aryl methyl sites for hydroxylation is 1. The van der Waals surface area contributed by atoms with Crippen LogP contribution < -0.4 is 5.19 Å². The van der Waals surface area contributed by atoms with Crippen molar-refractivity contribution in [2.45, 2.75) is 46.2 Å². The van der Waals surface area contributed by atoms with Crippen LogP contribution in [0.15, 0.2) is 185 Å². The maximum atomic E-state index is 13.0. The number of rotatable bonds is 7. The molecule has 0 saturated carbocycles. The molecule has 4 aromatic heterocycles. The van der Waals surface area contributed by atoms with Crippen molar-refractivity contribution in [2.75, 3.05) is 0 Å². The number of nitrogens with zero attached hydrogens (tertiary/aromatic N) is 3. The standard InChI is InChI=1S/C44H27N2O2.C17H21FNSi.Ir/c1-27-18-23-40-36(24-27)33-22-20-29(25-41(33)47-40)30-19-21-32-34-13-9-14-35(43(34)48-42(32)26-30)44-45-37-15-6-8-17-39(37)46(44)38-16-7-5-12-31(38)28-10-3-2-4-11-28;1-12(2)15-10-16(13-6-8-14(18)9-7-13)19-11-17(15)20(3,4)5;/h2-13,15-26H,1H3;6,8-12H,1-5H3;/q2*-1;/i1D3;12D;. The molecule has 8 aromatic carbocycles.